The molecule has 0 aliphatic carbocycles. The third-order valence-corrected chi connectivity index (χ3v) is 12.0. The number of nitrogen functional groups attached to an aromatic ring is 1. The highest BCUT2D eigenvalue weighted by Gasteiger charge is 2.45. The molecule has 0 aromatic heterocycles. The fourth-order valence-corrected chi connectivity index (χ4v) is 9.05. The second-order valence-corrected chi connectivity index (χ2v) is 15.1. The highest BCUT2D eigenvalue weighted by Crippen LogP contribution is 2.38. The van der Waals surface area contributed by atoms with Gasteiger partial charge >= 0.3 is 18.2 Å². The van der Waals surface area contributed by atoms with E-state index in [2.05, 4.69) is 27.5 Å². The molecule has 0 radical (unpaired) electrons. The molecule has 11 nitrogen and oxygen atoms in total. The van der Waals surface area contributed by atoms with Gasteiger partial charge in [-0.05, 0) is 74.9 Å². The Morgan fingerprint density at radius 1 is 0.961 bits per heavy atom. The van der Waals surface area contributed by atoms with Gasteiger partial charge in [0.25, 0.3) is 0 Å². The van der Waals surface area contributed by atoms with Crippen LogP contribution in [0.5, 0.6) is 0 Å². The zero-order chi connectivity index (χ0) is 36.0. The Labute approximate surface area is 301 Å². The number of carbonyl (C=O) groups excluding carboxylic acids is 3. The molecule has 2 bridgehead atoms. The van der Waals surface area contributed by atoms with Crippen molar-refractivity contribution < 1.29 is 27.6 Å². The number of urea groups is 2. The van der Waals surface area contributed by atoms with Crippen LogP contribution in [0.15, 0.2) is 36.4 Å². The number of fused-ring (bicyclic) bond motifs is 3. The van der Waals surface area contributed by atoms with Gasteiger partial charge < -0.3 is 36.0 Å². The largest absolute Gasteiger partial charge is 0.418 e. The van der Waals surface area contributed by atoms with Gasteiger partial charge in [0, 0.05) is 82.1 Å². The molecule has 15 heteroatoms. The maximum Gasteiger partial charge on any atom is 0.418 e. The lowest BCUT2D eigenvalue weighted by Gasteiger charge is -2.42. The van der Waals surface area contributed by atoms with Crippen LogP contribution in [0.3, 0.4) is 0 Å². The summed E-state index contributed by atoms with van der Waals surface area (Å²) in [6.07, 6.45) is -0.318. The highest BCUT2D eigenvalue weighted by molar-refractivity contribution is 6.33. The summed E-state index contributed by atoms with van der Waals surface area (Å²) in [5.74, 6) is -0.332. The monoisotopic (exact) mass is 730 g/mol. The summed E-state index contributed by atoms with van der Waals surface area (Å²) in [6, 6.07) is 9.65. The van der Waals surface area contributed by atoms with Gasteiger partial charge in [0.05, 0.1) is 16.3 Å². The molecule has 4 saturated heterocycles. The number of anilines is 2. The van der Waals surface area contributed by atoms with Crippen molar-refractivity contribution >= 4 is 40.9 Å². The molecule has 5 aliphatic heterocycles. The van der Waals surface area contributed by atoms with Gasteiger partial charge in [-0.2, -0.15) is 13.2 Å². The number of para-hydroxylation sites is 1. The molecule has 0 spiro atoms. The summed E-state index contributed by atoms with van der Waals surface area (Å²) in [7, 11) is 2.17. The number of likely N-dealkylation sites (N-methyl/N-ethyl adjacent to an activating group) is 1. The van der Waals surface area contributed by atoms with Gasteiger partial charge in [0.1, 0.15) is 6.04 Å². The number of halogens is 4. The Bertz CT molecular complexity index is 1640. The Morgan fingerprint density at radius 2 is 1.65 bits per heavy atom. The van der Waals surface area contributed by atoms with Crippen LogP contribution in [0.1, 0.15) is 48.8 Å². The fraction of sp³-hybridized carbons (Fsp3) is 0.583. The number of likely N-dealkylation sites (tertiary alicyclic amines) is 4. The van der Waals surface area contributed by atoms with Gasteiger partial charge in [-0.3, -0.25) is 9.69 Å². The zero-order valence-corrected chi connectivity index (χ0v) is 29.6. The molecule has 4 N–H and O–H groups in total. The quantitative estimate of drug-likeness (QED) is 0.378. The van der Waals surface area contributed by atoms with Gasteiger partial charge in [-0.25, -0.2) is 9.59 Å². The second-order valence-electron chi connectivity index (χ2n) is 14.7. The Kier molecular flexibility index (Phi) is 10.0. The maximum atomic E-state index is 14.1. The first-order valence-electron chi connectivity index (χ1n) is 18.0. The first-order chi connectivity index (χ1) is 24.4. The van der Waals surface area contributed by atoms with E-state index in [9.17, 15) is 27.6 Å². The standard InChI is InChI=1S/C36H46ClF3N8O3/c1-44-20-27-19-26(44)21-48(27)25-7-11-45(12-8-25)33(49)31(18-22-16-28(36(38,39)40)32(41)29(37)17-22)43-34(50)46-13-9-24(10-14-46)47-15-6-23-4-2-3-5-30(23)42-35(47)51/h2-5,16-17,24-27,31H,6-15,18-21,41H2,1H3,(H,42,51)(H,43,50)/t26?,27?,31-/m1/s1. The predicted molar refractivity (Wildman–Crippen MR) is 188 cm³/mol. The highest BCUT2D eigenvalue weighted by atomic mass is 35.5. The maximum absolute atomic E-state index is 14.1. The van der Waals surface area contributed by atoms with Crippen molar-refractivity contribution in [2.45, 2.75) is 81.3 Å². The molecule has 3 atom stereocenters. The predicted octanol–water partition coefficient (Wildman–Crippen LogP) is 4.50. The summed E-state index contributed by atoms with van der Waals surface area (Å²) >= 11 is 6.15. The normalized spacial score (nSPS) is 24.3. The topological polar surface area (TPSA) is 117 Å². The van der Waals surface area contributed by atoms with Gasteiger partial charge in [0.2, 0.25) is 5.91 Å². The van der Waals surface area contributed by atoms with Crippen LogP contribution in [-0.4, -0.2) is 126 Å². The van der Waals surface area contributed by atoms with Crippen LogP contribution in [-0.2, 0) is 23.8 Å². The second kappa shape index (κ2) is 14.3. The molecule has 2 aromatic carbocycles. The first-order valence-corrected chi connectivity index (χ1v) is 18.3. The number of benzene rings is 2. The van der Waals surface area contributed by atoms with E-state index in [1.165, 1.54) is 12.5 Å². The summed E-state index contributed by atoms with van der Waals surface area (Å²) in [4.78, 5) is 51.1. The molecule has 5 aliphatic rings. The van der Waals surface area contributed by atoms with E-state index in [0.717, 1.165) is 49.7 Å². The molecule has 5 heterocycles. The summed E-state index contributed by atoms with van der Waals surface area (Å²) in [5.41, 5.74) is 6.07. The van der Waals surface area contributed by atoms with Crippen molar-refractivity contribution in [1.82, 2.24) is 29.8 Å². The zero-order valence-electron chi connectivity index (χ0n) is 28.8. The molecule has 7 rings (SSSR count). The van der Waals surface area contributed by atoms with E-state index in [4.69, 9.17) is 17.3 Å². The molecule has 2 unspecified atom stereocenters. The number of alkyl halides is 3. The van der Waals surface area contributed by atoms with Crippen LogP contribution in [0.2, 0.25) is 5.02 Å². The van der Waals surface area contributed by atoms with E-state index < -0.39 is 29.5 Å². The number of piperazine rings is 1. The average molecular weight is 731 g/mol. The third-order valence-electron chi connectivity index (χ3n) is 11.7. The molecule has 4 fully saturated rings. The van der Waals surface area contributed by atoms with Crippen molar-refractivity contribution in [3.63, 3.8) is 0 Å². The third kappa shape index (κ3) is 7.45. The van der Waals surface area contributed by atoms with Gasteiger partial charge in [-0.15, -0.1) is 0 Å². The van der Waals surface area contributed by atoms with Crippen LogP contribution in [0, 0.1) is 0 Å². The van der Waals surface area contributed by atoms with E-state index in [1.54, 1.807) is 9.80 Å². The average Bonchev–Trinajstić information content (AvgIpc) is 3.64. The van der Waals surface area contributed by atoms with Crippen molar-refractivity contribution in [2.75, 3.05) is 63.9 Å². The molecular weight excluding hydrogens is 685 g/mol. The minimum Gasteiger partial charge on any atom is -0.397 e. The number of nitrogens with two attached hydrogens (primary N) is 1. The minimum atomic E-state index is -4.74. The van der Waals surface area contributed by atoms with Crippen LogP contribution in [0.25, 0.3) is 0 Å². The Balaban J connectivity index is 1.02. The Hall–Kier alpha value is -3.75. The lowest BCUT2D eigenvalue weighted by atomic mass is 9.98. The lowest BCUT2D eigenvalue weighted by molar-refractivity contribution is -0.137. The molecular formula is C36H46ClF3N8O3. The van der Waals surface area contributed by atoms with Crippen molar-refractivity contribution in [3.8, 4) is 0 Å². The minimum absolute atomic E-state index is 0.0639. The number of amides is 5. The number of nitrogens with one attached hydrogen (secondary N) is 2. The van der Waals surface area contributed by atoms with Crippen LogP contribution in [0.4, 0.5) is 34.1 Å². The van der Waals surface area contributed by atoms with E-state index >= 15 is 0 Å². The SMILES string of the molecule is CN1CC2CC1CN2C1CCN(C(=O)[C@@H](Cc2cc(Cl)c(N)c(C(F)(F)F)c2)NC(=O)N2CCC(N3CCc4ccccc4NC3=O)CC2)CC1. The molecule has 2 aromatic rings. The molecule has 276 valence electrons. The van der Waals surface area contributed by atoms with Crippen molar-refractivity contribution in [3.05, 3.63) is 58.1 Å². The number of hydrogen-bond donors (Lipinski definition) is 3. The number of carbonyl (C=O) groups is 3. The van der Waals surface area contributed by atoms with Crippen LogP contribution < -0.4 is 16.4 Å². The van der Waals surface area contributed by atoms with Gasteiger partial charge in [0.15, 0.2) is 0 Å². The number of hydrogen-bond acceptors (Lipinski definition) is 6. The van der Waals surface area contributed by atoms with Crippen molar-refractivity contribution in [2.24, 2.45) is 0 Å². The molecule has 0 saturated carbocycles. The molecule has 51 heavy (non-hydrogen) atoms. The number of rotatable bonds is 6. The smallest absolute Gasteiger partial charge is 0.397 e. The summed E-state index contributed by atoms with van der Waals surface area (Å²) in [6.45, 7) is 4.37. The van der Waals surface area contributed by atoms with E-state index in [-0.39, 0.29) is 35.0 Å². The fourth-order valence-electron chi connectivity index (χ4n) is 8.80. The van der Waals surface area contributed by atoms with Crippen molar-refractivity contribution in [1.29, 1.82) is 0 Å². The lowest BCUT2D eigenvalue weighted by Crippen LogP contribution is -2.58. The van der Waals surface area contributed by atoms with E-state index in [0.29, 0.717) is 63.7 Å². The molecule has 5 amide bonds. The summed E-state index contributed by atoms with van der Waals surface area (Å²) < 4.78 is 41.5. The number of piperidine rings is 2. The summed E-state index contributed by atoms with van der Waals surface area (Å²) in [5, 5.41) is 5.62. The van der Waals surface area contributed by atoms with E-state index in [1.807, 2.05) is 29.2 Å². The van der Waals surface area contributed by atoms with Gasteiger partial charge in [-0.1, -0.05) is 29.8 Å². The first kappa shape index (κ1) is 35.6. The Morgan fingerprint density at radius 3 is 2.31 bits per heavy atom. The van der Waals surface area contributed by atoms with Crippen LogP contribution >= 0.6 is 11.6 Å². The number of nitrogens with zero attached hydrogens (tertiary/aromatic N) is 5.